The van der Waals surface area contributed by atoms with Crippen LogP contribution in [0.3, 0.4) is 0 Å². The number of hydrogen-bond acceptors (Lipinski definition) is 3. The minimum absolute atomic E-state index is 0.0136. The average Bonchev–Trinajstić information content (AvgIpc) is 2.19. The summed E-state index contributed by atoms with van der Waals surface area (Å²) in [6.45, 7) is 4.18. The van der Waals surface area contributed by atoms with Crippen LogP contribution in [0.4, 0.5) is 5.82 Å². The Morgan fingerprint density at radius 1 is 1.47 bits per heavy atom. The highest BCUT2D eigenvalue weighted by Gasteiger charge is 2.04. The zero-order chi connectivity index (χ0) is 11.3. The molecule has 0 radical (unpaired) electrons. The van der Waals surface area contributed by atoms with E-state index in [0.29, 0.717) is 22.8 Å². The van der Waals surface area contributed by atoms with E-state index in [-0.39, 0.29) is 5.91 Å². The fourth-order valence-corrected chi connectivity index (χ4v) is 1.21. The first-order valence-electron chi connectivity index (χ1n) is 4.85. The van der Waals surface area contributed by atoms with E-state index >= 15 is 0 Å². The molecule has 1 amide bonds. The summed E-state index contributed by atoms with van der Waals surface area (Å²) >= 11 is 3.18. The Morgan fingerprint density at radius 3 is 2.73 bits per heavy atom. The van der Waals surface area contributed by atoms with Gasteiger partial charge in [0.2, 0.25) is 5.91 Å². The Balaban J connectivity index is 2.41. The van der Waals surface area contributed by atoms with Crippen molar-refractivity contribution in [1.82, 2.24) is 9.97 Å². The maximum Gasteiger partial charge on any atom is 0.225 e. The standard InChI is InChI=1S/C10H14BrN3O/c1-7(2)3-4-10(15)14-9-6-12-8(11)5-13-9/h5-7H,3-4H2,1-2H3,(H,13,14,15). The first-order valence-corrected chi connectivity index (χ1v) is 5.64. The second-order valence-corrected chi connectivity index (χ2v) is 4.52. The van der Waals surface area contributed by atoms with E-state index < -0.39 is 0 Å². The van der Waals surface area contributed by atoms with Crippen molar-refractivity contribution in [2.24, 2.45) is 5.92 Å². The lowest BCUT2D eigenvalue weighted by atomic mass is 10.1. The molecule has 1 heterocycles. The van der Waals surface area contributed by atoms with Crippen LogP contribution in [0.15, 0.2) is 17.0 Å². The molecule has 0 atom stereocenters. The van der Waals surface area contributed by atoms with Crippen molar-refractivity contribution < 1.29 is 4.79 Å². The molecule has 5 heteroatoms. The van der Waals surface area contributed by atoms with Gasteiger partial charge in [0.05, 0.1) is 12.4 Å². The summed E-state index contributed by atoms with van der Waals surface area (Å²) in [6.07, 6.45) is 4.49. The highest BCUT2D eigenvalue weighted by Crippen LogP contribution is 2.08. The maximum atomic E-state index is 11.4. The summed E-state index contributed by atoms with van der Waals surface area (Å²) in [5.41, 5.74) is 0. The number of carbonyl (C=O) groups is 1. The zero-order valence-electron chi connectivity index (χ0n) is 8.83. The third-order valence-electron chi connectivity index (χ3n) is 1.84. The van der Waals surface area contributed by atoms with Crippen molar-refractivity contribution in [3.05, 3.63) is 17.0 Å². The highest BCUT2D eigenvalue weighted by molar-refractivity contribution is 9.10. The molecule has 0 fully saturated rings. The third kappa shape index (κ3) is 4.88. The Hall–Kier alpha value is -0.970. The minimum Gasteiger partial charge on any atom is -0.309 e. The first kappa shape index (κ1) is 12.1. The fourth-order valence-electron chi connectivity index (χ4n) is 1.00. The van der Waals surface area contributed by atoms with Gasteiger partial charge in [0.15, 0.2) is 5.82 Å². The van der Waals surface area contributed by atoms with Crippen LogP contribution in [-0.4, -0.2) is 15.9 Å². The quantitative estimate of drug-likeness (QED) is 0.916. The predicted octanol–water partition coefficient (Wildman–Crippen LogP) is 2.61. The molecule has 0 aliphatic rings. The molecule has 0 bridgehead atoms. The van der Waals surface area contributed by atoms with Gasteiger partial charge in [0.25, 0.3) is 0 Å². The van der Waals surface area contributed by atoms with Crippen LogP contribution in [0.25, 0.3) is 0 Å². The molecule has 1 aromatic rings. The average molecular weight is 272 g/mol. The van der Waals surface area contributed by atoms with Crippen LogP contribution in [0.5, 0.6) is 0 Å². The lowest BCUT2D eigenvalue weighted by Gasteiger charge is -2.05. The molecule has 1 N–H and O–H groups in total. The van der Waals surface area contributed by atoms with Crippen molar-refractivity contribution >= 4 is 27.7 Å². The summed E-state index contributed by atoms with van der Waals surface area (Å²) < 4.78 is 0.655. The van der Waals surface area contributed by atoms with Crippen LogP contribution in [0.1, 0.15) is 26.7 Å². The molecule has 15 heavy (non-hydrogen) atoms. The van der Waals surface area contributed by atoms with Crippen molar-refractivity contribution in [1.29, 1.82) is 0 Å². The molecule has 0 unspecified atom stereocenters. The van der Waals surface area contributed by atoms with E-state index in [2.05, 4.69) is 45.1 Å². The summed E-state index contributed by atoms with van der Waals surface area (Å²) in [4.78, 5) is 19.4. The second-order valence-electron chi connectivity index (χ2n) is 3.71. The van der Waals surface area contributed by atoms with Crippen LogP contribution in [-0.2, 0) is 4.79 Å². The van der Waals surface area contributed by atoms with Gasteiger partial charge in [-0.2, -0.15) is 0 Å². The van der Waals surface area contributed by atoms with E-state index in [4.69, 9.17) is 0 Å². The second kappa shape index (κ2) is 5.80. The van der Waals surface area contributed by atoms with Gasteiger partial charge in [0.1, 0.15) is 4.60 Å². The molecule has 0 saturated heterocycles. The number of hydrogen-bond donors (Lipinski definition) is 1. The van der Waals surface area contributed by atoms with E-state index in [1.165, 1.54) is 6.20 Å². The van der Waals surface area contributed by atoms with E-state index in [9.17, 15) is 4.79 Å². The molecule has 0 spiro atoms. The van der Waals surface area contributed by atoms with Crippen molar-refractivity contribution in [2.45, 2.75) is 26.7 Å². The zero-order valence-corrected chi connectivity index (χ0v) is 10.4. The maximum absolute atomic E-state index is 11.4. The van der Waals surface area contributed by atoms with Crippen molar-refractivity contribution in [3.8, 4) is 0 Å². The van der Waals surface area contributed by atoms with Gasteiger partial charge in [-0.05, 0) is 28.3 Å². The lowest BCUT2D eigenvalue weighted by molar-refractivity contribution is -0.116. The Morgan fingerprint density at radius 2 is 2.20 bits per heavy atom. The molecule has 1 rings (SSSR count). The summed E-state index contributed by atoms with van der Waals surface area (Å²) in [7, 11) is 0. The topological polar surface area (TPSA) is 54.9 Å². The van der Waals surface area contributed by atoms with Crippen LogP contribution < -0.4 is 5.32 Å². The third-order valence-corrected chi connectivity index (χ3v) is 2.25. The molecule has 0 aliphatic carbocycles. The van der Waals surface area contributed by atoms with E-state index in [0.717, 1.165) is 6.42 Å². The summed E-state index contributed by atoms with van der Waals surface area (Å²) in [5.74, 6) is 1.01. The van der Waals surface area contributed by atoms with Crippen molar-refractivity contribution in [2.75, 3.05) is 5.32 Å². The van der Waals surface area contributed by atoms with Gasteiger partial charge in [-0.15, -0.1) is 0 Å². The largest absolute Gasteiger partial charge is 0.309 e. The van der Waals surface area contributed by atoms with E-state index in [1.807, 2.05) is 0 Å². The summed E-state index contributed by atoms with van der Waals surface area (Å²) in [6, 6.07) is 0. The van der Waals surface area contributed by atoms with E-state index in [1.54, 1.807) is 6.20 Å². The normalized spacial score (nSPS) is 10.4. The molecule has 4 nitrogen and oxygen atoms in total. The van der Waals surface area contributed by atoms with Gasteiger partial charge in [-0.3, -0.25) is 4.79 Å². The number of carbonyl (C=O) groups excluding carboxylic acids is 1. The monoisotopic (exact) mass is 271 g/mol. The van der Waals surface area contributed by atoms with Gasteiger partial charge >= 0.3 is 0 Å². The number of halogens is 1. The minimum atomic E-state index is -0.0136. The Bertz CT molecular complexity index is 324. The molecule has 1 aromatic heterocycles. The lowest BCUT2D eigenvalue weighted by Crippen LogP contribution is -2.13. The smallest absolute Gasteiger partial charge is 0.225 e. The predicted molar refractivity (Wildman–Crippen MR) is 62.4 cm³/mol. The van der Waals surface area contributed by atoms with Crippen LogP contribution in [0, 0.1) is 5.92 Å². The van der Waals surface area contributed by atoms with Gasteiger partial charge < -0.3 is 5.32 Å². The van der Waals surface area contributed by atoms with Crippen LogP contribution in [0.2, 0.25) is 0 Å². The van der Waals surface area contributed by atoms with Crippen LogP contribution >= 0.6 is 15.9 Å². The first-order chi connectivity index (χ1) is 7.08. The van der Waals surface area contributed by atoms with Gasteiger partial charge in [-0.25, -0.2) is 9.97 Å². The van der Waals surface area contributed by atoms with Gasteiger partial charge in [0, 0.05) is 6.42 Å². The molecule has 0 aliphatic heterocycles. The molecule has 0 aromatic carbocycles. The number of rotatable bonds is 4. The Labute approximate surface area is 97.6 Å². The number of nitrogens with one attached hydrogen (secondary N) is 1. The number of anilines is 1. The number of aromatic nitrogens is 2. The highest BCUT2D eigenvalue weighted by atomic mass is 79.9. The molecule has 82 valence electrons. The SMILES string of the molecule is CC(C)CCC(=O)Nc1cnc(Br)cn1. The fraction of sp³-hybridized carbons (Fsp3) is 0.500. The number of nitrogens with zero attached hydrogens (tertiary/aromatic N) is 2. The molecular formula is C10H14BrN3O. The summed E-state index contributed by atoms with van der Waals surface area (Å²) in [5, 5.41) is 2.69. The molecular weight excluding hydrogens is 258 g/mol. The number of amides is 1. The van der Waals surface area contributed by atoms with Gasteiger partial charge in [-0.1, -0.05) is 13.8 Å². The Kier molecular flexibility index (Phi) is 4.68. The van der Waals surface area contributed by atoms with Crippen molar-refractivity contribution in [3.63, 3.8) is 0 Å². The molecule has 0 saturated carbocycles.